The molecule has 26 heavy (non-hydrogen) atoms. The number of benzene rings is 1. The molecule has 0 spiro atoms. The van der Waals surface area contributed by atoms with Crippen molar-refractivity contribution in [2.75, 3.05) is 20.8 Å². The number of esters is 2. The zero-order valence-corrected chi connectivity index (χ0v) is 15.9. The van der Waals surface area contributed by atoms with Gasteiger partial charge in [-0.1, -0.05) is 26.0 Å². The molecule has 0 aliphatic heterocycles. The monoisotopic (exact) mass is 364 g/mol. The molecule has 0 radical (unpaired) electrons. The Kier molecular flexibility index (Phi) is 8.78. The molecule has 1 aromatic carbocycles. The van der Waals surface area contributed by atoms with Crippen molar-refractivity contribution in [3.05, 3.63) is 35.4 Å². The average Bonchev–Trinajstić information content (AvgIpc) is 2.63. The minimum atomic E-state index is -0.623. The average molecular weight is 364 g/mol. The van der Waals surface area contributed by atoms with Crippen LogP contribution in [0.4, 0.5) is 0 Å². The summed E-state index contributed by atoms with van der Waals surface area (Å²) in [7, 11) is 2.63. The Morgan fingerprint density at radius 1 is 1.08 bits per heavy atom. The van der Waals surface area contributed by atoms with Crippen LogP contribution in [0.2, 0.25) is 0 Å². The fraction of sp³-hybridized carbons (Fsp3) is 0.526. The third kappa shape index (κ3) is 6.84. The van der Waals surface area contributed by atoms with Gasteiger partial charge < -0.3 is 20.1 Å². The topological polar surface area (TPSA) is 98.9 Å². The van der Waals surface area contributed by atoms with Crippen molar-refractivity contribution < 1.29 is 23.9 Å². The SMILES string of the molecule is COC(=O)CCN(Cc1ccc(C(=O)OC)cc1)C(=O)[C@@H](N)CC(C)C. The molecule has 7 heteroatoms. The molecule has 0 saturated heterocycles. The van der Waals surface area contributed by atoms with Crippen molar-refractivity contribution in [3.8, 4) is 0 Å². The molecule has 0 saturated carbocycles. The Labute approximate surface area is 154 Å². The Bertz CT molecular complexity index is 613. The third-order valence-electron chi connectivity index (χ3n) is 3.92. The van der Waals surface area contributed by atoms with Gasteiger partial charge in [-0.25, -0.2) is 4.79 Å². The highest BCUT2D eigenvalue weighted by Crippen LogP contribution is 2.12. The lowest BCUT2D eigenvalue weighted by Crippen LogP contribution is -2.44. The number of nitrogens with two attached hydrogens (primary N) is 1. The predicted molar refractivity (Wildman–Crippen MR) is 97.3 cm³/mol. The van der Waals surface area contributed by atoms with Crippen LogP contribution in [0, 0.1) is 5.92 Å². The van der Waals surface area contributed by atoms with Gasteiger partial charge in [0.25, 0.3) is 0 Å². The number of amides is 1. The first-order valence-corrected chi connectivity index (χ1v) is 8.56. The van der Waals surface area contributed by atoms with Crippen LogP contribution >= 0.6 is 0 Å². The molecule has 2 N–H and O–H groups in total. The van der Waals surface area contributed by atoms with E-state index in [1.807, 2.05) is 13.8 Å². The fourth-order valence-corrected chi connectivity index (χ4v) is 2.52. The molecule has 0 aromatic heterocycles. The number of rotatable bonds is 9. The van der Waals surface area contributed by atoms with Gasteiger partial charge in [0.1, 0.15) is 0 Å². The van der Waals surface area contributed by atoms with E-state index in [4.69, 9.17) is 5.73 Å². The van der Waals surface area contributed by atoms with Crippen LogP contribution in [-0.4, -0.2) is 49.6 Å². The summed E-state index contributed by atoms with van der Waals surface area (Å²) in [6, 6.07) is 6.15. The summed E-state index contributed by atoms with van der Waals surface area (Å²) < 4.78 is 9.32. The van der Waals surface area contributed by atoms with Gasteiger partial charge in [0.05, 0.1) is 32.2 Å². The smallest absolute Gasteiger partial charge is 0.337 e. The van der Waals surface area contributed by atoms with Gasteiger partial charge >= 0.3 is 11.9 Å². The molecule has 1 atom stereocenters. The quantitative estimate of drug-likeness (QED) is 0.670. The van der Waals surface area contributed by atoms with Crippen molar-refractivity contribution in [2.24, 2.45) is 11.7 Å². The summed E-state index contributed by atoms with van der Waals surface area (Å²) in [5.41, 5.74) is 7.28. The van der Waals surface area contributed by atoms with E-state index in [9.17, 15) is 14.4 Å². The predicted octanol–water partition coefficient (Wildman–Crippen LogP) is 1.74. The number of carbonyl (C=O) groups excluding carboxylic acids is 3. The summed E-state index contributed by atoms with van der Waals surface area (Å²) in [4.78, 5) is 37.2. The van der Waals surface area contributed by atoms with Crippen molar-refractivity contribution >= 4 is 17.8 Å². The Hall–Kier alpha value is -2.41. The third-order valence-corrected chi connectivity index (χ3v) is 3.92. The normalized spacial score (nSPS) is 11.8. The van der Waals surface area contributed by atoms with Crippen molar-refractivity contribution in [3.63, 3.8) is 0 Å². The fourth-order valence-electron chi connectivity index (χ4n) is 2.52. The Morgan fingerprint density at radius 3 is 2.19 bits per heavy atom. The standard InChI is InChI=1S/C19H28N2O5/c1-13(2)11-16(20)18(23)21(10-9-17(22)25-3)12-14-5-7-15(8-6-14)19(24)26-4/h5-8,13,16H,9-12,20H2,1-4H3/t16-/m0/s1. The lowest BCUT2D eigenvalue weighted by molar-refractivity contribution is -0.142. The maximum atomic E-state index is 12.7. The van der Waals surface area contributed by atoms with Crippen LogP contribution in [0.3, 0.4) is 0 Å². The largest absolute Gasteiger partial charge is 0.469 e. The van der Waals surface area contributed by atoms with Crippen LogP contribution in [0.1, 0.15) is 42.6 Å². The van der Waals surface area contributed by atoms with E-state index in [2.05, 4.69) is 9.47 Å². The van der Waals surface area contributed by atoms with Crippen molar-refractivity contribution in [1.29, 1.82) is 0 Å². The molecule has 7 nitrogen and oxygen atoms in total. The van der Waals surface area contributed by atoms with Crippen LogP contribution in [0.25, 0.3) is 0 Å². The first-order valence-electron chi connectivity index (χ1n) is 8.56. The van der Waals surface area contributed by atoms with Gasteiger partial charge in [-0.3, -0.25) is 9.59 Å². The van der Waals surface area contributed by atoms with E-state index in [1.165, 1.54) is 14.2 Å². The highest BCUT2D eigenvalue weighted by Gasteiger charge is 2.23. The van der Waals surface area contributed by atoms with E-state index in [1.54, 1.807) is 29.2 Å². The maximum absolute atomic E-state index is 12.7. The molecule has 0 bridgehead atoms. The second-order valence-electron chi connectivity index (χ2n) is 6.51. The molecule has 0 unspecified atom stereocenters. The lowest BCUT2D eigenvalue weighted by atomic mass is 10.0. The highest BCUT2D eigenvalue weighted by atomic mass is 16.5. The minimum Gasteiger partial charge on any atom is -0.469 e. The molecule has 0 aliphatic carbocycles. The molecular weight excluding hydrogens is 336 g/mol. The summed E-state index contributed by atoms with van der Waals surface area (Å²) in [5, 5.41) is 0. The lowest BCUT2D eigenvalue weighted by Gasteiger charge is -2.26. The highest BCUT2D eigenvalue weighted by molar-refractivity contribution is 5.89. The van der Waals surface area contributed by atoms with Gasteiger partial charge in [0, 0.05) is 13.1 Å². The molecule has 144 valence electrons. The molecule has 1 aromatic rings. The summed E-state index contributed by atoms with van der Waals surface area (Å²) in [6.07, 6.45) is 0.658. The van der Waals surface area contributed by atoms with E-state index in [0.717, 1.165) is 5.56 Å². The zero-order chi connectivity index (χ0) is 19.7. The van der Waals surface area contributed by atoms with Crippen LogP contribution in [0.5, 0.6) is 0 Å². The van der Waals surface area contributed by atoms with Crippen molar-refractivity contribution in [2.45, 2.75) is 39.3 Å². The van der Waals surface area contributed by atoms with E-state index < -0.39 is 12.0 Å². The van der Waals surface area contributed by atoms with E-state index >= 15 is 0 Å². The molecule has 0 heterocycles. The number of ether oxygens (including phenoxy) is 2. The maximum Gasteiger partial charge on any atom is 0.337 e. The van der Waals surface area contributed by atoms with Crippen molar-refractivity contribution in [1.82, 2.24) is 4.90 Å². The molecule has 0 fully saturated rings. The van der Waals surface area contributed by atoms with Crippen LogP contribution < -0.4 is 5.73 Å². The molecule has 1 rings (SSSR count). The number of hydrogen-bond acceptors (Lipinski definition) is 6. The molecule has 1 amide bonds. The second kappa shape index (κ2) is 10.6. The van der Waals surface area contributed by atoms with Gasteiger partial charge in [-0.2, -0.15) is 0 Å². The van der Waals surface area contributed by atoms with Crippen LogP contribution in [0.15, 0.2) is 24.3 Å². The summed E-state index contributed by atoms with van der Waals surface area (Å²) in [5.74, 6) is -0.731. The van der Waals surface area contributed by atoms with E-state index in [0.29, 0.717) is 18.5 Å². The van der Waals surface area contributed by atoms with Crippen LogP contribution in [-0.2, 0) is 25.6 Å². The Morgan fingerprint density at radius 2 is 1.69 bits per heavy atom. The van der Waals surface area contributed by atoms with Gasteiger partial charge in [0.15, 0.2) is 0 Å². The summed E-state index contributed by atoms with van der Waals surface area (Å²) in [6.45, 7) is 4.51. The van der Waals surface area contributed by atoms with Gasteiger partial charge in [-0.05, 0) is 30.0 Å². The Balaban J connectivity index is 2.88. The number of nitrogens with zero attached hydrogens (tertiary/aromatic N) is 1. The van der Waals surface area contributed by atoms with E-state index in [-0.39, 0.29) is 30.8 Å². The number of methoxy groups -OCH3 is 2. The first kappa shape index (κ1) is 21.6. The molecule has 0 aliphatic rings. The minimum absolute atomic E-state index is 0.0941. The molecular formula is C19H28N2O5. The van der Waals surface area contributed by atoms with Gasteiger partial charge in [-0.15, -0.1) is 0 Å². The summed E-state index contributed by atoms with van der Waals surface area (Å²) >= 11 is 0. The second-order valence-corrected chi connectivity index (χ2v) is 6.51. The zero-order valence-electron chi connectivity index (χ0n) is 15.9. The first-order chi connectivity index (χ1) is 12.3. The number of carbonyl (C=O) groups is 3. The van der Waals surface area contributed by atoms with Gasteiger partial charge in [0.2, 0.25) is 5.91 Å². The number of hydrogen-bond donors (Lipinski definition) is 1.